The first kappa shape index (κ1) is 11.7. The van der Waals surface area contributed by atoms with Gasteiger partial charge in [-0.1, -0.05) is 0 Å². The van der Waals surface area contributed by atoms with Crippen molar-refractivity contribution in [1.29, 1.82) is 0 Å². The second-order valence-electron chi connectivity index (χ2n) is 3.13. The fraction of sp³-hybridized carbons (Fsp3) is 0. The summed E-state index contributed by atoms with van der Waals surface area (Å²) in [5, 5.41) is 0. The maximum atomic E-state index is 2.33. The molecular weight excluding hydrogens is 326 g/mol. The summed E-state index contributed by atoms with van der Waals surface area (Å²) < 4.78 is 2.88. The molecule has 0 saturated carbocycles. The number of hydrogen-bond acceptors (Lipinski definition) is 0. The van der Waals surface area contributed by atoms with Gasteiger partial charge >= 0.3 is 109 Å². The van der Waals surface area contributed by atoms with Gasteiger partial charge in [0.1, 0.15) is 0 Å². The summed E-state index contributed by atoms with van der Waals surface area (Å²) in [4.78, 5) is 4.66. The van der Waals surface area contributed by atoms with Crippen LogP contribution >= 0.6 is 0 Å². The summed E-state index contributed by atoms with van der Waals surface area (Å²) in [6.07, 6.45) is 0. The Morgan fingerprint density at radius 2 is 0.938 bits per heavy atom. The van der Waals surface area contributed by atoms with Gasteiger partial charge in [-0.2, -0.15) is 0 Å². The topological polar surface area (TPSA) is 0 Å². The van der Waals surface area contributed by atoms with Crippen LogP contribution in [-0.4, -0.2) is 29.9 Å². The van der Waals surface area contributed by atoms with Crippen LogP contribution in [0.3, 0.4) is 0 Å². The standard InChI is InChI=1S/C14H12Se2/c1-3-7-13(8-4-1)15-11-12-16-14-9-5-2-6-10-14/h1-12H. The van der Waals surface area contributed by atoms with Crippen LogP contribution in [0.25, 0.3) is 0 Å². The normalized spacial score (nSPS) is 10.8. The summed E-state index contributed by atoms with van der Waals surface area (Å²) in [5.74, 6) is 0. The summed E-state index contributed by atoms with van der Waals surface area (Å²) in [7, 11) is 0. The molecule has 0 unspecified atom stereocenters. The Hall–Kier alpha value is -0.781. The van der Waals surface area contributed by atoms with Crippen LogP contribution in [0, 0.1) is 0 Å². The zero-order valence-corrected chi connectivity index (χ0v) is 12.2. The van der Waals surface area contributed by atoms with E-state index in [0.717, 1.165) is 0 Å². The number of rotatable bonds is 4. The molecule has 0 aliphatic heterocycles. The minimum atomic E-state index is 0.484. The molecule has 16 heavy (non-hydrogen) atoms. The molecule has 0 N–H and O–H groups in total. The SMILES string of the molecule is C(=C[Se]c1ccccc1)[Se]c1ccccc1. The summed E-state index contributed by atoms with van der Waals surface area (Å²) in [6.45, 7) is 0. The third kappa shape index (κ3) is 4.00. The molecule has 2 aromatic rings. The Labute approximate surface area is 109 Å². The Kier molecular flexibility index (Phi) is 4.92. The predicted molar refractivity (Wildman–Crippen MR) is 72.8 cm³/mol. The van der Waals surface area contributed by atoms with Gasteiger partial charge in [0.2, 0.25) is 0 Å². The summed E-state index contributed by atoms with van der Waals surface area (Å²) in [5.41, 5.74) is 0. The van der Waals surface area contributed by atoms with Crippen LogP contribution in [0.15, 0.2) is 70.6 Å². The average Bonchev–Trinajstić information content (AvgIpc) is 2.37. The molecule has 2 rings (SSSR count). The summed E-state index contributed by atoms with van der Waals surface area (Å²) >= 11 is 0.968. The molecule has 0 amide bonds. The minimum absolute atomic E-state index is 0.484. The van der Waals surface area contributed by atoms with Gasteiger partial charge in [0.15, 0.2) is 0 Å². The predicted octanol–water partition coefficient (Wildman–Crippen LogP) is 1.52. The third-order valence-electron chi connectivity index (χ3n) is 1.95. The second kappa shape index (κ2) is 6.73. The molecule has 0 bridgehead atoms. The van der Waals surface area contributed by atoms with Crippen molar-refractivity contribution >= 4 is 38.8 Å². The summed E-state index contributed by atoms with van der Waals surface area (Å²) in [6, 6.07) is 21.3. The van der Waals surface area contributed by atoms with Gasteiger partial charge in [-0.25, -0.2) is 0 Å². The molecule has 0 nitrogen and oxygen atoms in total. The van der Waals surface area contributed by atoms with E-state index >= 15 is 0 Å². The second-order valence-corrected chi connectivity index (χ2v) is 7.24. The van der Waals surface area contributed by atoms with Crippen molar-refractivity contribution in [3.63, 3.8) is 0 Å². The molecule has 0 saturated heterocycles. The fourth-order valence-corrected chi connectivity index (χ4v) is 4.63. The van der Waals surface area contributed by atoms with E-state index in [4.69, 9.17) is 0 Å². The Bertz CT molecular complexity index is 391. The fourth-order valence-electron chi connectivity index (χ4n) is 1.21. The van der Waals surface area contributed by atoms with E-state index in [1.54, 1.807) is 0 Å². The van der Waals surface area contributed by atoms with Crippen LogP contribution in [0.4, 0.5) is 0 Å². The van der Waals surface area contributed by atoms with E-state index < -0.39 is 0 Å². The van der Waals surface area contributed by atoms with Crippen LogP contribution in [0.5, 0.6) is 0 Å². The van der Waals surface area contributed by atoms with E-state index in [1.807, 2.05) is 0 Å². The van der Waals surface area contributed by atoms with Crippen molar-refractivity contribution in [2.24, 2.45) is 0 Å². The monoisotopic (exact) mass is 340 g/mol. The molecule has 0 aliphatic rings. The van der Waals surface area contributed by atoms with E-state index in [9.17, 15) is 0 Å². The van der Waals surface area contributed by atoms with E-state index in [0.29, 0.717) is 29.9 Å². The first-order valence-corrected chi connectivity index (χ1v) is 8.73. The van der Waals surface area contributed by atoms with Gasteiger partial charge in [0.25, 0.3) is 0 Å². The van der Waals surface area contributed by atoms with Crippen molar-refractivity contribution in [3.8, 4) is 0 Å². The van der Waals surface area contributed by atoms with E-state index in [-0.39, 0.29) is 0 Å². The molecule has 0 aliphatic carbocycles. The molecular formula is C14H12Se2. The third-order valence-corrected chi connectivity index (χ3v) is 6.25. The molecule has 2 heteroatoms. The first-order chi connectivity index (χ1) is 7.95. The van der Waals surface area contributed by atoms with Crippen molar-refractivity contribution in [2.45, 2.75) is 0 Å². The molecule has 0 fully saturated rings. The average molecular weight is 338 g/mol. The van der Waals surface area contributed by atoms with Crippen molar-refractivity contribution < 1.29 is 0 Å². The molecule has 80 valence electrons. The van der Waals surface area contributed by atoms with Crippen LogP contribution in [0.2, 0.25) is 0 Å². The zero-order valence-electron chi connectivity index (χ0n) is 8.74. The molecule has 0 atom stereocenters. The zero-order chi connectivity index (χ0) is 11.1. The molecule has 2 aromatic carbocycles. The van der Waals surface area contributed by atoms with Crippen molar-refractivity contribution in [2.75, 3.05) is 0 Å². The Balaban J connectivity index is 1.83. The maximum absolute atomic E-state index is 2.33. The number of benzene rings is 2. The Morgan fingerprint density at radius 1 is 0.562 bits per heavy atom. The molecule has 0 spiro atoms. The first-order valence-electron chi connectivity index (χ1n) is 5.03. The van der Waals surface area contributed by atoms with Gasteiger partial charge in [-0.3, -0.25) is 0 Å². The van der Waals surface area contributed by atoms with Crippen LogP contribution in [-0.2, 0) is 0 Å². The Morgan fingerprint density at radius 3 is 1.31 bits per heavy atom. The van der Waals surface area contributed by atoms with Crippen LogP contribution < -0.4 is 8.92 Å². The van der Waals surface area contributed by atoms with E-state index in [1.165, 1.54) is 8.92 Å². The number of hydrogen-bond donors (Lipinski definition) is 0. The molecule has 0 heterocycles. The van der Waals surface area contributed by atoms with Gasteiger partial charge in [0, 0.05) is 0 Å². The van der Waals surface area contributed by atoms with Crippen molar-refractivity contribution in [3.05, 3.63) is 70.6 Å². The van der Waals surface area contributed by atoms with Gasteiger partial charge < -0.3 is 0 Å². The molecule has 0 radical (unpaired) electrons. The van der Waals surface area contributed by atoms with Gasteiger partial charge in [-0.05, 0) is 0 Å². The van der Waals surface area contributed by atoms with Gasteiger partial charge in [-0.15, -0.1) is 0 Å². The quantitative estimate of drug-likeness (QED) is 0.742. The van der Waals surface area contributed by atoms with Crippen molar-refractivity contribution in [1.82, 2.24) is 0 Å². The molecule has 0 aromatic heterocycles. The van der Waals surface area contributed by atoms with Crippen LogP contribution in [0.1, 0.15) is 0 Å². The van der Waals surface area contributed by atoms with Gasteiger partial charge in [0.05, 0.1) is 0 Å². The van der Waals surface area contributed by atoms with E-state index in [2.05, 4.69) is 70.6 Å².